The molecule has 0 saturated carbocycles. The number of ether oxygens (including phenoxy) is 1. The lowest BCUT2D eigenvalue weighted by Crippen LogP contribution is -2.09. The summed E-state index contributed by atoms with van der Waals surface area (Å²) in [5.74, 6) is -0.324. The van der Waals surface area contributed by atoms with Gasteiger partial charge in [0.05, 0.1) is 11.5 Å². The lowest BCUT2D eigenvalue weighted by Gasteiger charge is -2.07. The Kier molecular flexibility index (Phi) is 5.83. The molecule has 0 aliphatic heterocycles. The Labute approximate surface area is 118 Å². The molecular weight excluding hydrogens is 351 g/mol. The van der Waals surface area contributed by atoms with Gasteiger partial charge >= 0.3 is 5.97 Å². The molecule has 7 heteroatoms. The number of hydrogen-bond donors (Lipinski definition) is 1. The monoisotopic (exact) mass is 364 g/mol. The van der Waals surface area contributed by atoms with Crippen LogP contribution in [0.25, 0.3) is 0 Å². The highest BCUT2D eigenvalue weighted by atomic mass is 127. The molecule has 1 aromatic carbocycles. The van der Waals surface area contributed by atoms with Crippen molar-refractivity contribution < 1.29 is 14.5 Å². The first-order valence-electron chi connectivity index (χ1n) is 5.32. The maximum atomic E-state index is 10.8. The summed E-state index contributed by atoms with van der Waals surface area (Å²) >= 11 is 2.02. The molecule has 0 spiro atoms. The Morgan fingerprint density at radius 3 is 2.89 bits per heavy atom. The number of nitrogens with one attached hydrogen (secondary N) is 1. The number of anilines is 1. The molecule has 0 bridgehead atoms. The van der Waals surface area contributed by atoms with E-state index in [4.69, 9.17) is 4.74 Å². The van der Waals surface area contributed by atoms with Crippen molar-refractivity contribution in [3.05, 3.63) is 31.9 Å². The molecule has 1 rings (SSSR count). The SMILES string of the molecule is CC(=O)OCCCNc1ccc(I)cc1[N+](=O)[O-]. The lowest BCUT2D eigenvalue weighted by atomic mass is 10.2. The topological polar surface area (TPSA) is 81.5 Å². The average Bonchev–Trinajstić information content (AvgIpc) is 2.29. The van der Waals surface area contributed by atoms with E-state index in [0.29, 0.717) is 25.3 Å². The van der Waals surface area contributed by atoms with E-state index in [1.165, 1.54) is 13.0 Å². The molecule has 0 aromatic heterocycles. The first kappa shape index (κ1) is 14.7. The third kappa shape index (κ3) is 4.86. The normalized spacial score (nSPS) is 9.89. The number of carbonyl (C=O) groups is 1. The quantitative estimate of drug-likeness (QED) is 0.276. The van der Waals surface area contributed by atoms with Crippen LogP contribution in [0.4, 0.5) is 11.4 Å². The van der Waals surface area contributed by atoms with Gasteiger partial charge < -0.3 is 10.1 Å². The smallest absolute Gasteiger partial charge is 0.302 e. The molecule has 0 fully saturated rings. The Bertz CT molecular complexity index is 451. The van der Waals surface area contributed by atoms with Crippen LogP contribution in [0.15, 0.2) is 18.2 Å². The zero-order chi connectivity index (χ0) is 13.5. The number of nitrogens with zero attached hydrogens (tertiary/aromatic N) is 1. The first-order chi connectivity index (χ1) is 8.50. The zero-order valence-corrected chi connectivity index (χ0v) is 12.0. The second-order valence-electron chi connectivity index (χ2n) is 3.54. The van der Waals surface area contributed by atoms with E-state index < -0.39 is 4.92 Å². The number of carbonyl (C=O) groups excluding carboxylic acids is 1. The van der Waals surface area contributed by atoms with E-state index in [-0.39, 0.29) is 11.7 Å². The van der Waals surface area contributed by atoms with Gasteiger partial charge in [-0.2, -0.15) is 0 Å². The summed E-state index contributed by atoms with van der Waals surface area (Å²) in [6.45, 7) is 2.16. The van der Waals surface area contributed by atoms with Crippen LogP contribution in [0.3, 0.4) is 0 Å². The minimum atomic E-state index is -0.420. The van der Waals surface area contributed by atoms with Crippen molar-refractivity contribution in [2.24, 2.45) is 0 Å². The van der Waals surface area contributed by atoms with Gasteiger partial charge in [-0.3, -0.25) is 14.9 Å². The summed E-state index contributed by atoms with van der Waals surface area (Å²) in [5, 5.41) is 13.8. The Hall–Kier alpha value is -1.38. The highest BCUT2D eigenvalue weighted by molar-refractivity contribution is 14.1. The van der Waals surface area contributed by atoms with Crippen molar-refractivity contribution in [1.82, 2.24) is 0 Å². The fraction of sp³-hybridized carbons (Fsp3) is 0.364. The van der Waals surface area contributed by atoms with Gasteiger partial charge in [0.25, 0.3) is 5.69 Å². The van der Waals surface area contributed by atoms with E-state index in [1.54, 1.807) is 12.1 Å². The van der Waals surface area contributed by atoms with Gasteiger partial charge in [0.2, 0.25) is 0 Å². The van der Waals surface area contributed by atoms with Gasteiger partial charge in [-0.1, -0.05) is 0 Å². The molecule has 1 aromatic rings. The molecule has 0 aliphatic carbocycles. The van der Waals surface area contributed by atoms with Crippen LogP contribution < -0.4 is 5.32 Å². The maximum absolute atomic E-state index is 10.8. The number of nitro benzene ring substituents is 1. The largest absolute Gasteiger partial charge is 0.466 e. The summed E-state index contributed by atoms with van der Waals surface area (Å²) in [4.78, 5) is 20.9. The number of halogens is 1. The van der Waals surface area contributed by atoms with Crippen LogP contribution in [-0.2, 0) is 9.53 Å². The molecule has 0 aliphatic rings. The summed E-state index contributed by atoms with van der Waals surface area (Å²) in [6, 6.07) is 4.97. The van der Waals surface area contributed by atoms with Crippen LogP contribution in [0.5, 0.6) is 0 Å². The molecule has 0 amide bonds. The minimum Gasteiger partial charge on any atom is -0.466 e. The van der Waals surface area contributed by atoms with E-state index in [2.05, 4.69) is 5.32 Å². The van der Waals surface area contributed by atoms with E-state index >= 15 is 0 Å². The second kappa shape index (κ2) is 7.14. The number of benzene rings is 1. The molecule has 1 N–H and O–H groups in total. The van der Waals surface area contributed by atoms with Crippen LogP contribution in [0, 0.1) is 13.7 Å². The molecule has 98 valence electrons. The van der Waals surface area contributed by atoms with Gasteiger partial charge in [0.1, 0.15) is 5.69 Å². The summed E-state index contributed by atoms with van der Waals surface area (Å²) in [7, 11) is 0. The minimum absolute atomic E-state index is 0.0504. The van der Waals surface area contributed by atoms with Gasteiger partial charge in [0, 0.05) is 23.1 Å². The standard InChI is InChI=1S/C11H13IN2O4/c1-8(15)18-6-2-5-13-10-4-3-9(12)7-11(10)14(16)17/h3-4,7,13H,2,5-6H2,1H3. The molecule has 0 unspecified atom stereocenters. The predicted molar refractivity (Wildman–Crippen MR) is 75.6 cm³/mol. The third-order valence-electron chi connectivity index (χ3n) is 2.10. The predicted octanol–water partition coefficient (Wildman–Crippen LogP) is 2.56. The zero-order valence-electron chi connectivity index (χ0n) is 9.81. The van der Waals surface area contributed by atoms with Crippen molar-refractivity contribution in [1.29, 1.82) is 0 Å². The van der Waals surface area contributed by atoms with Gasteiger partial charge in [0.15, 0.2) is 0 Å². The van der Waals surface area contributed by atoms with Crippen molar-refractivity contribution in [3.8, 4) is 0 Å². The fourth-order valence-corrected chi connectivity index (χ4v) is 1.79. The van der Waals surface area contributed by atoms with Gasteiger partial charge in [-0.15, -0.1) is 0 Å². The second-order valence-corrected chi connectivity index (χ2v) is 4.78. The first-order valence-corrected chi connectivity index (χ1v) is 6.39. The van der Waals surface area contributed by atoms with Crippen molar-refractivity contribution in [3.63, 3.8) is 0 Å². The number of nitro groups is 1. The summed E-state index contributed by atoms with van der Waals surface area (Å²) in [5.41, 5.74) is 0.526. The third-order valence-corrected chi connectivity index (χ3v) is 2.77. The highest BCUT2D eigenvalue weighted by Gasteiger charge is 2.13. The number of esters is 1. The number of hydrogen-bond acceptors (Lipinski definition) is 5. The van der Waals surface area contributed by atoms with Gasteiger partial charge in [-0.05, 0) is 41.1 Å². The van der Waals surface area contributed by atoms with Crippen molar-refractivity contribution in [2.75, 3.05) is 18.5 Å². The van der Waals surface area contributed by atoms with Gasteiger partial charge in [-0.25, -0.2) is 0 Å². The summed E-state index contributed by atoms with van der Waals surface area (Å²) in [6.07, 6.45) is 0.600. The molecule has 0 saturated heterocycles. The molecular formula is C11H13IN2O4. The maximum Gasteiger partial charge on any atom is 0.302 e. The molecule has 0 radical (unpaired) electrons. The summed E-state index contributed by atoms with van der Waals surface area (Å²) < 4.78 is 5.57. The lowest BCUT2D eigenvalue weighted by molar-refractivity contribution is -0.384. The van der Waals surface area contributed by atoms with Crippen LogP contribution in [-0.4, -0.2) is 24.0 Å². The van der Waals surface area contributed by atoms with Crippen LogP contribution in [0.1, 0.15) is 13.3 Å². The highest BCUT2D eigenvalue weighted by Crippen LogP contribution is 2.26. The van der Waals surface area contributed by atoms with E-state index in [0.717, 1.165) is 3.57 Å². The Morgan fingerprint density at radius 2 is 2.28 bits per heavy atom. The molecule has 6 nitrogen and oxygen atoms in total. The van der Waals surface area contributed by atoms with E-state index in [9.17, 15) is 14.9 Å². The van der Waals surface area contributed by atoms with Crippen LogP contribution in [0.2, 0.25) is 0 Å². The Balaban J connectivity index is 2.51. The number of rotatable bonds is 6. The Morgan fingerprint density at radius 1 is 1.56 bits per heavy atom. The fourth-order valence-electron chi connectivity index (χ4n) is 1.32. The van der Waals surface area contributed by atoms with E-state index in [1.807, 2.05) is 22.6 Å². The average molecular weight is 364 g/mol. The van der Waals surface area contributed by atoms with Crippen molar-refractivity contribution >= 4 is 39.9 Å². The molecule has 0 heterocycles. The molecule has 18 heavy (non-hydrogen) atoms. The van der Waals surface area contributed by atoms with Crippen LogP contribution >= 0.6 is 22.6 Å². The molecule has 0 atom stereocenters. The van der Waals surface area contributed by atoms with Crippen molar-refractivity contribution in [2.45, 2.75) is 13.3 Å².